The minimum absolute atomic E-state index is 0.255. The molecule has 0 aliphatic carbocycles. The monoisotopic (exact) mass is 358 g/mol. The van der Waals surface area contributed by atoms with Crippen LogP contribution in [0.5, 0.6) is 0 Å². The van der Waals surface area contributed by atoms with Gasteiger partial charge in [-0.1, -0.05) is 38.1 Å². The van der Waals surface area contributed by atoms with Crippen LogP contribution in [-0.2, 0) is 16.1 Å². The molecule has 2 fully saturated rings. The summed E-state index contributed by atoms with van der Waals surface area (Å²) in [6.07, 6.45) is 4.15. The van der Waals surface area contributed by atoms with Crippen molar-refractivity contribution in [1.82, 2.24) is 9.80 Å². The zero-order valence-corrected chi connectivity index (χ0v) is 16.7. The van der Waals surface area contributed by atoms with E-state index in [1.165, 1.54) is 30.5 Å². The summed E-state index contributed by atoms with van der Waals surface area (Å²) in [7, 11) is 1.66. The molecule has 3 rings (SSSR count). The summed E-state index contributed by atoms with van der Waals surface area (Å²) < 4.78 is 5.06. The lowest BCUT2D eigenvalue weighted by molar-refractivity contribution is -0.131. The molecule has 0 aromatic heterocycles. The summed E-state index contributed by atoms with van der Waals surface area (Å²) in [5.41, 5.74) is 3.11. The van der Waals surface area contributed by atoms with Crippen molar-refractivity contribution in [3.63, 3.8) is 0 Å². The SMILES string of the molecule is COCCC(=O)N1CC[C@@]2(CCCN(Cc3ccc(C(C)C)cc3)C2)C1. The largest absolute Gasteiger partial charge is 0.384 e. The molecule has 4 nitrogen and oxygen atoms in total. The number of likely N-dealkylation sites (tertiary alicyclic amines) is 2. The van der Waals surface area contributed by atoms with E-state index in [0.29, 0.717) is 24.4 Å². The summed E-state index contributed by atoms with van der Waals surface area (Å²) in [5.74, 6) is 0.840. The second kappa shape index (κ2) is 8.53. The van der Waals surface area contributed by atoms with Crippen LogP contribution in [0.3, 0.4) is 0 Å². The molecule has 4 heteroatoms. The van der Waals surface area contributed by atoms with Gasteiger partial charge < -0.3 is 9.64 Å². The predicted octanol–water partition coefficient (Wildman–Crippen LogP) is 3.66. The maximum absolute atomic E-state index is 12.3. The van der Waals surface area contributed by atoms with Gasteiger partial charge in [0.15, 0.2) is 0 Å². The van der Waals surface area contributed by atoms with Gasteiger partial charge in [-0.25, -0.2) is 0 Å². The molecule has 0 radical (unpaired) electrons. The van der Waals surface area contributed by atoms with Crippen LogP contribution in [0.2, 0.25) is 0 Å². The van der Waals surface area contributed by atoms with E-state index in [9.17, 15) is 4.79 Å². The average molecular weight is 359 g/mol. The van der Waals surface area contributed by atoms with Gasteiger partial charge in [0.05, 0.1) is 13.0 Å². The highest BCUT2D eigenvalue weighted by Crippen LogP contribution is 2.39. The van der Waals surface area contributed by atoms with Crippen molar-refractivity contribution in [2.75, 3.05) is 39.9 Å². The Labute approximate surface area is 158 Å². The molecule has 1 atom stereocenters. The lowest BCUT2D eigenvalue weighted by Gasteiger charge is -2.40. The Morgan fingerprint density at radius 2 is 1.92 bits per heavy atom. The minimum Gasteiger partial charge on any atom is -0.384 e. The molecule has 2 aliphatic rings. The van der Waals surface area contributed by atoms with Crippen molar-refractivity contribution in [3.05, 3.63) is 35.4 Å². The maximum Gasteiger partial charge on any atom is 0.224 e. The number of amides is 1. The number of rotatable bonds is 6. The first-order valence-corrected chi connectivity index (χ1v) is 10.1. The normalized spacial score (nSPS) is 23.9. The Morgan fingerprint density at radius 3 is 2.62 bits per heavy atom. The van der Waals surface area contributed by atoms with Crippen LogP contribution in [0.25, 0.3) is 0 Å². The second-order valence-electron chi connectivity index (χ2n) is 8.52. The molecular formula is C22H34N2O2. The van der Waals surface area contributed by atoms with E-state index in [1.807, 2.05) is 0 Å². The summed E-state index contributed by atoms with van der Waals surface area (Å²) in [4.78, 5) is 17.0. The van der Waals surface area contributed by atoms with Crippen molar-refractivity contribution in [1.29, 1.82) is 0 Å². The summed E-state index contributed by atoms with van der Waals surface area (Å²) in [6, 6.07) is 9.11. The van der Waals surface area contributed by atoms with Crippen LogP contribution in [0.1, 0.15) is 56.6 Å². The van der Waals surface area contributed by atoms with E-state index in [-0.39, 0.29) is 5.91 Å². The summed E-state index contributed by atoms with van der Waals surface area (Å²) >= 11 is 0. The first kappa shape index (κ1) is 19.4. The summed E-state index contributed by atoms with van der Waals surface area (Å²) in [5, 5.41) is 0. The molecule has 0 saturated carbocycles. The fourth-order valence-electron chi connectivity index (χ4n) is 4.54. The van der Waals surface area contributed by atoms with E-state index >= 15 is 0 Å². The molecular weight excluding hydrogens is 324 g/mol. The molecule has 1 aromatic rings. The van der Waals surface area contributed by atoms with E-state index in [1.54, 1.807) is 7.11 Å². The van der Waals surface area contributed by atoms with Gasteiger partial charge in [-0.3, -0.25) is 9.69 Å². The Morgan fingerprint density at radius 1 is 1.15 bits per heavy atom. The Kier molecular flexibility index (Phi) is 6.36. The van der Waals surface area contributed by atoms with E-state index in [2.05, 4.69) is 47.9 Å². The van der Waals surface area contributed by atoms with Gasteiger partial charge in [-0.15, -0.1) is 0 Å². The number of ether oxygens (including phenoxy) is 1. The van der Waals surface area contributed by atoms with Crippen molar-refractivity contribution < 1.29 is 9.53 Å². The maximum atomic E-state index is 12.3. The van der Waals surface area contributed by atoms with Crippen molar-refractivity contribution in [2.45, 2.75) is 52.0 Å². The smallest absolute Gasteiger partial charge is 0.224 e. The minimum atomic E-state index is 0.255. The first-order chi connectivity index (χ1) is 12.5. The highest BCUT2D eigenvalue weighted by molar-refractivity contribution is 5.76. The second-order valence-corrected chi connectivity index (χ2v) is 8.52. The van der Waals surface area contributed by atoms with Gasteiger partial charge in [0.25, 0.3) is 0 Å². The molecule has 1 aromatic carbocycles. The standard InChI is InChI=1S/C22H34N2O2/c1-18(2)20-7-5-19(6-8-20)15-23-12-4-10-22(16-23)11-13-24(17-22)21(25)9-14-26-3/h5-8,18H,4,9-17H2,1-3H3/t22-/m1/s1. The molecule has 0 unspecified atom stereocenters. The highest BCUT2D eigenvalue weighted by atomic mass is 16.5. The Balaban J connectivity index is 1.56. The fraction of sp³-hybridized carbons (Fsp3) is 0.682. The molecule has 0 bridgehead atoms. The Hall–Kier alpha value is -1.39. The predicted molar refractivity (Wildman–Crippen MR) is 105 cm³/mol. The highest BCUT2D eigenvalue weighted by Gasteiger charge is 2.42. The zero-order valence-electron chi connectivity index (χ0n) is 16.7. The van der Waals surface area contributed by atoms with E-state index < -0.39 is 0 Å². The molecule has 1 amide bonds. The van der Waals surface area contributed by atoms with Gasteiger partial charge in [0.1, 0.15) is 0 Å². The third kappa shape index (κ3) is 4.66. The van der Waals surface area contributed by atoms with Gasteiger partial charge >= 0.3 is 0 Å². The number of nitrogens with zero attached hydrogens (tertiary/aromatic N) is 2. The molecule has 1 spiro atoms. The van der Waals surface area contributed by atoms with Crippen LogP contribution in [0.15, 0.2) is 24.3 Å². The number of methoxy groups -OCH3 is 1. The number of benzene rings is 1. The van der Waals surface area contributed by atoms with Crippen LogP contribution in [0.4, 0.5) is 0 Å². The molecule has 2 aliphatic heterocycles. The molecule has 0 N–H and O–H groups in total. The van der Waals surface area contributed by atoms with E-state index in [4.69, 9.17) is 4.74 Å². The van der Waals surface area contributed by atoms with Gasteiger partial charge in [0, 0.05) is 38.7 Å². The fourth-order valence-corrected chi connectivity index (χ4v) is 4.54. The van der Waals surface area contributed by atoms with Crippen LogP contribution < -0.4 is 0 Å². The number of hydrogen-bond donors (Lipinski definition) is 0. The quantitative estimate of drug-likeness (QED) is 0.778. The van der Waals surface area contributed by atoms with E-state index in [0.717, 1.165) is 32.6 Å². The lowest BCUT2D eigenvalue weighted by Crippen LogP contribution is -2.45. The number of piperidine rings is 1. The summed E-state index contributed by atoms with van der Waals surface area (Å²) in [6.45, 7) is 10.2. The number of hydrogen-bond acceptors (Lipinski definition) is 3. The molecule has 2 saturated heterocycles. The zero-order chi connectivity index (χ0) is 18.6. The third-order valence-electron chi connectivity index (χ3n) is 6.10. The first-order valence-electron chi connectivity index (χ1n) is 10.1. The van der Waals surface area contributed by atoms with Gasteiger partial charge in [-0.05, 0) is 42.9 Å². The number of carbonyl (C=O) groups excluding carboxylic acids is 1. The van der Waals surface area contributed by atoms with Crippen molar-refractivity contribution in [3.8, 4) is 0 Å². The topological polar surface area (TPSA) is 32.8 Å². The molecule has 2 heterocycles. The molecule has 144 valence electrons. The van der Waals surface area contributed by atoms with Crippen LogP contribution in [0, 0.1) is 5.41 Å². The van der Waals surface area contributed by atoms with Crippen molar-refractivity contribution >= 4 is 5.91 Å². The third-order valence-corrected chi connectivity index (χ3v) is 6.10. The average Bonchev–Trinajstić information content (AvgIpc) is 3.03. The van der Waals surface area contributed by atoms with Crippen molar-refractivity contribution in [2.24, 2.45) is 5.41 Å². The van der Waals surface area contributed by atoms with Gasteiger partial charge in [-0.2, -0.15) is 0 Å². The molecule has 26 heavy (non-hydrogen) atoms. The Bertz CT molecular complexity index is 599. The van der Waals surface area contributed by atoms with Crippen LogP contribution in [-0.4, -0.2) is 55.6 Å². The lowest BCUT2D eigenvalue weighted by atomic mass is 9.79. The van der Waals surface area contributed by atoms with Crippen LogP contribution >= 0.6 is 0 Å². The van der Waals surface area contributed by atoms with Gasteiger partial charge in [0.2, 0.25) is 5.91 Å². The number of carbonyl (C=O) groups is 1.